The normalized spacial score (nSPS) is 10.2. The SMILES string of the molecule is CCCNC(=S)NC(=O)c1ccc(C(C)C)cc1. The van der Waals surface area contributed by atoms with E-state index in [4.69, 9.17) is 12.2 Å². The smallest absolute Gasteiger partial charge is 0.257 e. The second-order valence-corrected chi connectivity index (χ2v) is 4.89. The fourth-order valence-electron chi connectivity index (χ4n) is 1.48. The molecule has 0 aliphatic rings. The molecule has 1 aromatic carbocycles. The first kappa shape index (κ1) is 14.6. The molecule has 0 radical (unpaired) electrons. The minimum Gasteiger partial charge on any atom is -0.362 e. The molecule has 0 aromatic heterocycles. The van der Waals surface area contributed by atoms with Crippen LogP contribution in [0.2, 0.25) is 0 Å². The summed E-state index contributed by atoms with van der Waals surface area (Å²) in [6.45, 7) is 7.06. The summed E-state index contributed by atoms with van der Waals surface area (Å²) in [5.74, 6) is 0.299. The molecule has 3 nitrogen and oxygen atoms in total. The number of hydrogen-bond donors (Lipinski definition) is 2. The first-order chi connectivity index (χ1) is 8.54. The quantitative estimate of drug-likeness (QED) is 0.822. The molecule has 0 fully saturated rings. The van der Waals surface area contributed by atoms with Crippen LogP contribution in [0.25, 0.3) is 0 Å². The summed E-state index contributed by atoms with van der Waals surface area (Å²) in [5, 5.41) is 6.01. The molecule has 18 heavy (non-hydrogen) atoms. The molecule has 2 N–H and O–H groups in total. The van der Waals surface area contributed by atoms with Gasteiger partial charge in [-0.25, -0.2) is 0 Å². The molecule has 0 aliphatic heterocycles. The molecule has 1 aromatic rings. The molecule has 4 heteroatoms. The van der Waals surface area contributed by atoms with Crippen LogP contribution in [0, 0.1) is 0 Å². The Morgan fingerprint density at radius 2 is 1.89 bits per heavy atom. The van der Waals surface area contributed by atoms with Gasteiger partial charge >= 0.3 is 0 Å². The molecule has 0 aliphatic carbocycles. The molecule has 0 saturated heterocycles. The number of hydrogen-bond acceptors (Lipinski definition) is 2. The van der Waals surface area contributed by atoms with Gasteiger partial charge in [-0.15, -0.1) is 0 Å². The van der Waals surface area contributed by atoms with E-state index in [-0.39, 0.29) is 5.91 Å². The lowest BCUT2D eigenvalue weighted by atomic mass is 10.0. The van der Waals surface area contributed by atoms with Crippen LogP contribution in [-0.4, -0.2) is 17.6 Å². The zero-order valence-corrected chi connectivity index (χ0v) is 11.9. The van der Waals surface area contributed by atoms with Gasteiger partial charge in [0, 0.05) is 12.1 Å². The van der Waals surface area contributed by atoms with Crippen molar-refractivity contribution >= 4 is 23.2 Å². The lowest BCUT2D eigenvalue weighted by Crippen LogP contribution is -2.39. The summed E-state index contributed by atoms with van der Waals surface area (Å²) in [5.41, 5.74) is 1.85. The van der Waals surface area contributed by atoms with E-state index < -0.39 is 0 Å². The van der Waals surface area contributed by atoms with Crippen LogP contribution in [0.3, 0.4) is 0 Å². The highest BCUT2D eigenvalue weighted by molar-refractivity contribution is 7.80. The summed E-state index contributed by atoms with van der Waals surface area (Å²) in [6, 6.07) is 7.60. The summed E-state index contributed by atoms with van der Waals surface area (Å²) in [7, 11) is 0. The molecular weight excluding hydrogens is 244 g/mol. The number of carbonyl (C=O) groups is 1. The Hall–Kier alpha value is -1.42. The van der Waals surface area contributed by atoms with E-state index in [0.717, 1.165) is 13.0 Å². The Kier molecular flexibility index (Phi) is 5.78. The number of amides is 1. The van der Waals surface area contributed by atoms with Gasteiger partial charge in [0.05, 0.1) is 0 Å². The van der Waals surface area contributed by atoms with E-state index >= 15 is 0 Å². The van der Waals surface area contributed by atoms with Gasteiger partial charge in [-0.05, 0) is 42.3 Å². The molecule has 0 unspecified atom stereocenters. The van der Waals surface area contributed by atoms with E-state index in [1.54, 1.807) is 0 Å². The van der Waals surface area contributed by atoms with Gasteiger partial charge in [0.15, 0.2) is 5.11 Å². The van der Waals surface area contributed by atoms with Crippen molar-refractivity contribution in [3.05, 3.63) is 35.4 Å². The molecule has 0 spiro atoms. The number of benzene rings is 1. The van der Waals surface area contributed by atoms with Gasteiger partial charge in [-0.2, -0.15) is 0 Å². The van der Waals surface area contributed by atoms with Crippen molar-refractivity contribution in [3.63, 3.8) is 0 Å². The van der Waals surface area contributed by atoms with E-state index in [9.17, 15) is 4.79 Å². The second-order valence-electron chi connectivity index (χ2n) is 4.49. The van der Waals surface area contributed by atoms with Crippen LogP contribution in [0.4, 0.5) is 0 Å². The molecule has 98 valence electrons. The monoisotopic (exact) mass is 264 g/mol. The van der Waals surface area contributed by atoms with Crippen molar-refractivity contribution in [2.24, 2.45) is 0 Å². The van der Waals surface area contributed by atoms with Gasteiger partial charge < -0.3 is 5.32 Å². The summed E-state index contributed by atoms with van der Waals surface area (Å²) >= 11 is 5.02. The number of carbonyl (C=O) groups excluding carboxylic acids is 1. The Morgan fingerprint density at radius 1 is 1.28 bits per heavy atom. The Balaban J connectivity index is 2.59. The van der Waals surface area contributed by atoms with Crippen LogP contribution >= 0.6 is 12.2 Å². The number of rotatable bonds is 4. The van der Waals surface area contributed by atoms with Crippen LogP contribution in [0.5, 0.6) is 0 Å². The lowest BCUT2D eigenvalue weighted by molar-refractivity contribution is 0.0976. The molecule has 1 amide bonds. The van der Waals surface area contributed by atoms with Crippen LogP contribution in [-0.2, 0) is 0 Å². The second kappa shape index (κ2) is 7.11. The van der Waals surface area contributed by atoms with Gasteiger partial charge in [-0.3, -0.25) is 10.1 Å². The maximum absolute atomic E-state index is 11.9. The van der Waals surface area contributed by atoms with E-state index in [1.165, 1.54) is 5.56 Å². The molecule has 0 bridgehead atoms. The van der Waals surface area contributed by atoms with Crippen molar-refractivity contribution < 1.29 is 4.79 Å². The minimum atomic E-state index is -0.168. The largest absolute Gasteiger partial charge is 0.362 e. The average molecular weight is 264 g/mol. The highest BCUT2D eigenvalue weighted by Gasteiger charge is 2.07. The van der Waals surface area contributed by atoms with E-state index in [0.29, 0.717) is 16.6 Å². The van der Waals surface area contributed by atoms with Crippen molar-refractivity contribution in [2.45, 2.75) is 33.1 Å². The topological polar surface area (TPSA) is 41.1 Å². The van der Waals surface area contributed by atoms with Crippen molar-refractivity contribution in [2.75, 3.05) is 6.54 Å². The summed E-state index contributed by atoms with van der Waals surface area (Å²) in [6.07, 6.45) is 0.971. The Morgan fingerprint density at radius 3 is 2.39 bits per heavy atom. The van der Waals surface area contributed by atoms with Gasteiger partial charge in [0.2, 0.25) is 0 Å². The standard InChI is InChI=1S/C14H20N2OS/c1-4-9-15-14(18)16-13(17)12-7-5-11(6-8-12)10(2)3/h5-8,10H,4,9H2,1-3H3,(H2,15,16,17,18). The predicted octanol–water partition coefficient (Wildman–Crippen LogP) is 2.82. The van der Waals surface area contributed by atoms with Crippen molar-refractivity contribution in [1.82, 2.24) is 10.6 Å². The summed E-state index contributed by atoms with van der Waals surface area (Å²) < 4.78 is 0. The number of thiocarbonyl (C=S) groups is 1. The first-order valence-electron chi connectivity index (χ1n) is 6.23. The fraction of sp³-hybridized carbons (Fsp3) is 0.429. The third-order valence-electron chi connectivity index (χ3n) is 2.60. The van der Waals surface area contributed by atoms with E-state index in [1.807, 2.05) is 31.2 Å². The van der Waals surface area contributed by atoms with Gasteiger partial charge in [0.1, 0.15) is 0 Å². The molecule has 0 heterocycles. The van der Waals surface area contributed by atoms with Crippen LogP contribution < -0.4 is 10.6 Å². The van der Waals surface area contributed by atoms with Gasteiger partial charge in [0.25, 0.3) is 5.91 Å². The van der Waals surface area contributed by atoms with Crippen LogP contribution in [0.1, 0.15) is 49.0 Å². The van der Waals surface area contributed by atoms with E-state index in [2.05, 4.69) is 24.5 Å². The third kappa shape index (κ3) is 4.45. The fourth-order valence-corrected chi connectivity index (χ4v) is 1.67. The minimum absolute atomic E-state index is 0.168. The van der Waals surface area contributed by atoms with Crippen molar-refractivity contribution in [1.29, 1.82) is 0 Å². The number of nitrogens with one attached hydrogen (secondary N) is 2. The van der Waals surface area contributed by atoms with Gasteiger partial charge in [-0.1, -0.05) is 32.9 Å². The zero-order valence-electron chi connectivity index (χ0n) is 11.1. The summed E-state index contributed by atoms with van der Waals surface area (Å²) in [4.78, 5) is 11.9. The highest BCUT2D eigenvalue weighted by atomic mass is 32.1. The average Bonchev–Trinajstić information content (AvgIpc) is 2.36. The Bertz CT molecular complexity index is 412. The Labute approximate surface area is 114 Å². The molecule has 0 saturated carbocycles. The molecule has 1 rings (SSSR count). The lowest BCUT2D eigenvalue weighted by Gasteiger charge is -2.09. The van der Waals surface area contributed by atoms with Crippen molar-refractivity contribution in [3.8, 4) is 0 Å². The maximum Gasteiger partial charge on any atom is 0.257 e. The zero-order chi connectivity index (χ0) is 13.5. The highest BCUT2D eigenvalue weighted by Crippen LogP contribution is 2.14. The predicted molar refractivity (Wildman–Crippen MR) is 78.9 cm³/mol. The first-order valence-corrected chi connectivity index (χ1v) is 6.64. The molecular formula is C14H20N2OS. The van der Waals surface area contributed by atoms with Crippen LogP contribution in [0.15, 0.2) is 24.3 Å². The molecule has 0 atom stereocenters. The maximum atomic E-state index is 11.9. The third-order valence-corrected chi connectivity index (χ3v) is 2.85.